The van der Waals surface area contributed by atoms with Gasteiger partial charge in [-0.3, -0.25) is 0 Å². The van der Waals surface area contributed by atoms with Crippen LogP contribution in [0.25, 0.3) is 84.3 Å². The molecule has 0 amide bonds. The van der Waals surface area contributed by atoms with Crippen LogP contribution >= 0.6 is 0 Å². The summed E-state index contributed by atoms with van der Waals surface area (Å²) in [4.78, 5) is 20.6. The van der Waals surface area contributed by atoms with E-state index >= 15 is 0 Å². The van der Waals surface area contributed by atoms with E-state index in [9.17, 15) is 0 Å². The molecule has 0 fully saturated rings. The topological polar surface area (TPSA) is 131 Å². The third-order valence-electron chi connectivity index (χ3n) is 9.32. The lowest BCUT2D eigenvalue weighted by atomic mass is 10.1. The zero-order valence-electron chi connectivity index (χ0n) is 29.5. The molecule has 0 unspecified atom stereocenters. The van der Waals surface area contributed by atoms with Crippen LogP contribution in [0.3, 0.4) is 0 Å². The molecule has 4 heterocycles. The lowest BCUT2D eigenvalue weighted by Crippen LogP contribution is -2.09. The standard InChI is InChI=1S/C42H30N12/c1-25-16-19-28(37(22-25)52-46-31-10-4-5-11-32(31)47-52)40-43-41(29-20-17-26(2)23-38(29)53-48-33-12-6-7-13-34(33)49-53)45-42(44-40)30-21-18-27(3)24-39(30)54-50-35-14-8-9-15-36(35)51-54/h4-24H,1-3H3. The number of fused-ring (bicyclic) bond motifs is 3. The lowest BCUT2D eigenvalue weighted by Gasteiger charge is -2.15. The van der Waals surface area contributed by atoms with Gasteiger partial charge in [0.25, 0.3) is 0 Å². The van der Waals surface area contributed by atoms with Crippen molar-refractivity contribution < 1.29 is 0 Å². The van der Waals surface area contributed by atoms with Gasteiger partial charge in [-0.2, -0.15) is 0 Å². The summed E-state index contributed by atoms with van der Waals surface area (Å²) in [5, 5.41) is 29.0. The molecular weight excluding hydrogens is 673 g/mol. The number of aromatic nitrogens is 12. The Labute approximate surface area is 308 Å². The van der Waals surface area contributed by atoms with Crippen molar-refractivity contribution in [3.8, 4) is 51.2 Å². The molecule has 12 heteroatoms. The summed E-state index contributed by atoms with van der Waals surface area (Å²) < 4.78 is 0. The largest absolute Gasteiger partial charge is 0.208 e. The van der Waals surface area contributed by atoms with E-state index in [0.29, 0.717) is 17.5 Å². The molecular formula is C42H30N12. The smallest absolute Gasteiger partial charge is 0.166 e. The van der Waals surface area contributed by atoms with Gasteiger partial charge in [0.2, 0.25) is 0 Å². The Hall–Kier alpha value is -7.47. The maximum absolute atomic E-state index is 5.20. The van der Waals surface area contributed by atoms with Gasteiger partial charge in [0, 0.05) is 16.7 Å². The maximum Gasteiger partial charge on any atom is 0.166 e. The van der Waals surface area contributed by atoms with E-state index in [1.807, 2.05) is 148 Å². The van der Waals surface area contributed by atoms with E-state index in [0.717, 1.165) is 83.5 Å². The number of rotatable bonds is 6. The van der Waals surface area contributed by atoms with Crippen LogP contribution in [0.2, 0.25) is 0 Å². The van der Waals surface area contributed by atoms with Crippen molar-refractivity contribution in [2.24, 2.45) is 0 Å². The minimum atomic E-state index is 0.446. The third kappa shape index (κ3) is 5.44. The Bertz CT molecular complexity index is 2620. The average molecular weight is 703 g/mol. The van der Waals surface area contributed by atoms with Gasteiger partial charge in [-0.1, -0.05) is 54.6 Å². The van der Waals surface area contributed by atoms with Gasteiger partial charge in [-0.05, 0) is 110 Å². The van der Waals surface area contributed by atoms with Crippen LogP contribution in [0.5, 0.6) is 0 Å². The van der Waals surface area contributed by atoms with E-state index in [2.05, 4.69) is 0 Å². The third-order valence-corrected chi connectivity index (χ3v) is 9.32. The molecule has 0 saturated heterocycles. The maximum atomic E-state index is 5.20. The van der Waals surface area contributed by atoms with Crippen LogP contribution < -0.4 is 0 Å². The lowest BCUT2D eigenvalue weighted by molar-refractivity contribution is 0.762. The van der Waals surface area contributed by atoms with Gasteiger partial charge in [0.15, 0.2) is 17.5 Å². The summed E-state index contributed by atoms with van der Waals surface area (Å²) in [5.41, 5.74) is 12.3. The van der Waals surface area contributed by atoms with Crippen LogP contribution in [0.4, 0.5) is 0 Å². The van der Waals surface area contributed by atoms with E-state index < -0.39 is 0 Å². The first-order valence-corrected chi connectivity index (χ1v) is 17.5. The minimum Gasteiger partial charge on any atom is -0.208 e. The highest BCUT2D eigenvalue weighted by atomic mass is 15.5. The normalized spacial score (nSPS) is 11.6. The van der Waals surface area contributed by atoms with Crippen molar-refractivity contribution in [2.45, 2.75) is 20.8 Å². The molecule has 0 aliphatic heterocycles. The van der Waals surface area contributed by atoms with E-state index in [1.54, 1.807) is 14.4 Å². The Morgan fingerprint density at radius 1 is 0.315 bits per heavy atom. The molecule has 0 aliphatic rings. The van der Waals surface area contributed by atoms with E-state index in [4.69, 9.17) is 45.5 Å². The van der Waals surface area contributed by atoms with Gasteiger partial charge >= 0.3 is 0 Å². The zero-order chi connectivity index (χ0) is 36.3. The molecule has 4 aromatic heterocycles. The fourth-order valence-corrected chi connectivity index (χ4v) is 6.63. The molecule has 10 rings (SSSR count). The molecule has 0 bridgehead atoms. The summed E-state index contributed by atoms with van der Waals surface area (Å²) in [6, 6.07) is 41.7. The molecule has 258 valence electrons. The van der Waals surface area contributed by atoms with Crippen molar-refractivity contribution in [1.29, 1.82) is 0 Å². The first-order valence-electron chi connectivity index (χ1n) is 17.5. The molecule has 0 aliphatic carbocycles. The molecule has 54 heavy (non-hydrogen) atoms. The fraction of sp³-hybridized carbons (Fsp3) is 0.0714. The predicted octanol–water partition coefficient (Wildman–Crippen LogP) is 8.00. The van der Waals surface area contributed by atoms with Crippen LogP contribution in [0, 0.1) is 20.8 Å². The summed E-state index contributed by atoms with van der Waals surface area (Å²) in [6.45, 7) is 6.13. The van der Waals surface area contributed by atoms with Crippen molar-refractivity contribution in [2.75, 3.05) is 0 Å². The summed E-state index contributed by atoms with van der Waals surface area (Å²) in [5.74, 6) is 1.34. The SMILES string of the molecule is Cc1ccc(-c2nc(-c3ccc(C)cc3-n3nc4ccccc4n3)nc(-c3ccc(C)cc3-n3nc4ccccc4n3)n2)c(-n2nc3ccccc3n2)c1. The Balaban J connectivity index is 1.24. The van der Waals surface area contributed by atoms with Crippen LogP contribution in [0.1, 0.15) is 16.7 Å². The minimum absolute atomic E-state index is 0.446. The molecule has 0 spiro atoms. The Kier molecular flexibility index (Phi) is 7.15. The van der Waals surface area contributed by atoms with E-state index in [-0.39, 0.29) is 0 Å². The number of benzene rings is 6. The van der Waals surface area contributed by atoms with Gasteiger partial charge < -0.3 is 0 Å². The second-order valence-corrected chi connectivity index (χ2v) is 13.3. The highest BCUT2D eigenvalue weighted by Gasteiger charge is 2.22. The first kappa shape index (κ1) is 31.3. The van der Waals surface area contributed by atoms with Crippen LogP contribution in [0.15, 0.2) is 127 Å². The van der Waals surface area contributed by atoms with Gasteiger partial charge in [-0.25, -0.2) is 15.0 Å². The Morgan fingerprint density at radius 3 is 0.796 bits per heavy atom. The zero-order valence-corrected chi connectivity index (χ0v) is 29.5. The molecule has 0 saturated carbocycles. The summed E-state index contributed by atoms with van der Waals surface area (Å²) >= 11 is 0. The molecule has 0 radical (unpaired) electrons. The number of nitrogens with zero attached hydrogens (tertiary/aromatic N) is 12. The summed E-state index contributed by atoms with van der Waals surface area (Å²) in [7, 11) is 0. The second-order valence-electron chi connectivity index (χ2n) is 13.3. The van der Waals surface area contributed by atoms with Crippen molar-refractivity contribution in [3.05, 3.63) is 144 Å². The highest BCUT2D eigenvalue weighted by molar-refractivity contribution is 5.80. The van der Waals surface area contributed by atoms with Crippen molar-refractivity contribution >= 4 is 33.1 Å². The second kappa shape index (κ2) is 12.3. The van der Waals surface area contributed by atoms with Gasteiger partial charge in [0.1, 0.15) is 33.1 Å². The van der Waals surface area contributed by atoms with E-state index in [1.165, 1.54) is 0 Å². The number of hydrogen-bond donors (Lipinski definition) is 0. The Morgan fingerprint density at radius 2 is 0.556 bits per heavy atom. The fourth-order valence-electron chi connectivity index (χ4n) is 6.63. The van der Waals surface area contributed by atoms with Crippen molar-refractivity contribution in [3.63, 3.8) is 0 Å². The quantitative estimate of drug-likeness (QED) is 0.169. The molecule has 12 nitrogen and oxygen atoms in total. The van der Waals surface area contributed by atoms with Crippen LogP contribution in [-0.4, -0.2) is 59.9 Å². The van der Waals surface area contributed by atoms with Crippen molar-refractivity contribution in [1.82, 2.24) is 59.9 Å². The van der Waals surface area contributed by atoms with Gasteiger partial charge in [-0.15, -0.1) is 45.0 Å². The molecule has 10 aromatic rings. The van der Waals surface area contributed by atoms with Gasteiger partial charge in [0.05, 0.1) is 17.1 Å². The number of aryl methyl sites for hydroxylation is 3. The molecule has 0 N–H and O–H groups in total. The molecule has 0 atom stereocenters. The van der Waals surface area contributed by atoms with Crippen LogP contribution in [-0.2, 0) is 0 Å². The molecule has 6 aromatic carbocycles. The highest BCUT2D eigenvalue weighted by Crippen LogP contribution is 2.34. The predicted molar refractivity (Wildman–Crippen MR) is 208 cm³/mol. The first-order chi connectivity index (χ1) is 26.4. The number of hydrogen-bond acceptors (Lipinski definition) is 9. The average Bonchev–Trinajstić information content (AvgIpc) is 3.94. The summed E-state index contributed by atoms with van der Waals surface area (Å²) in [6.07, 6.45) is 0. The monoisotopic (exact) mass is 702 g/mol.